The van der Waals surface area contributed by atoms with E-state index in [0.29, 0.717) is 11.4 Å². The molecule has 0 bridgehead atoms. The number of ether oxygens (including phenoxy) is 2. The Kier molecular flexibility index (Phi) is 8.41. The van der Waals surface area contributed by atoms with Crippen molar-refractivity contribution in [1.82, 2.24) is 10.3 Å². The molecule has 0 aromatic carbocycles. The second-order valence-electron chi connectivity index (χ2n) is 5.63. The lowest BCUT2D eigenvalue weighted by molar-refractivity contribution is -0.354. The third-order valence-electron chi connectivity index (χ3n) is 3.86. The number of carbonyl (C=O) groups is 1. The van der Waals surface area contributed by atoms with Crippen molar-refractivity contribution in [3.8, 4) is 0 Å². The van der Waals surface area contributed by atoms with E-state index in [1.807, 2.05) is 5.32 Å². The monoisotopic (exact) mass is 385 g/mol. The van der Waals surface area contributed by atoms with Crippen LogP contribution in [0, 0.1) is 4.91 Å². The Bertz CT molecular complexity index is 459. The van der Waals surface area contributed by atoms with Crippen LogP contribution < -0.4 is 5.32 Å². The minimum absolute atomic E-state index is 0.0986. The second kappa shape index (κ2) is 9.57. The first-order valence-electron chi connectivity index (χ1n) is 7.74. The number of rotatable bonds is 8. The topological polar surface area (TPSA) is 161 Å². The number of carbonyl (C=O) groups excluding carboxylic acids is 1. The van der Waals surface area contributed by atoms with Crippen LogP contribution in [-0.4, -0.2) is 86.9 Å². The number of nitrogens with one attached hydrogen (secondary N) is 1. The van der Waals surface area contributed by atoms with Crippen LogP contribution in [0.2, 0.25) is 0 Å². The van der Waals surface area contributed by atoms with E-state index in [2.05, 4.69) is 5.29 Å². The number of aliphatic hydroxyl groups excluding tert-OH is 3. The predicted molar refractivity (Wildman–Crippen MR) is 85.3 cm³/mol. The Morgan fingerprint density at radius 1 is 1.52 bits per heavy atom. The molecule has 1 aliphatic heterocycles. The standard InChI is InChI=1S/C13H24ClN3O8/c1-3-7(2)24-11-13(22,10(20)9(19)8(6-18)25-11)15-12(21)17(16-23)5-4-14/h7-11,18-20,22H,3-6H2,1-2H3,(H,15,21)/t7?,8-,9-,10+,11+,13+/m1/s1. The maximum absolute atomic E-state index is 12.1. The minimum atomic E-state index is -2.60. The van der Waals surface area contributed by atoms with Gasteiger partial charge in [-0.15, -0.1) is 16.5 Å². The van der Waals surface area contributed by atoms with Gasteiger partial charge >= 0.3 is 6.03 Å². The Labute approximate surface area is 149 Å². The van der Waals surface area contributed by atoms with Crippen molar-refractivity contribution in [2.24, 2.45) is 5.29 Å². The van der Waals surface area contributed by atoms with Crippen LogP contribution in [0.25, 0.3) is 0 Å². The van der Waals surface area contributed by atoms with Gasteiger partial charge in [-0.2, -0.15) is 5.01 Å². The number of aliphatic hydroxyl groups is 4. The van der Waals surface area contributed by atoms with E-state index in [0.717, 1.165) is 0 Å². The fourth-order valence-electron chi connectivity index (χ4n) is 2.17. The summed E-state index contributed by atoms with van der Waals surface area (Å²) in [4.78, 5) is 22.8. The van der Waals surface area contributed by atoms with E-state index < -0.39 is 49.1 Å². The average Bonchev–Trinajstić information content (AvgIpc) is 2.60. The van der Waals surface area contributed by atoms with E-state index in [-0.39, 0.29) is 12.4 Å². The lowest BCUT2D eigenvalue weighted by Gasteiger charge is -2.48. The van der Waals surface area contributed by atoms with E-state index in [1.165, 1.54) is 0 Å². The van der Waals surface area contributed by atoms with Gasteiger partial charge in [-0.05, 0) is 13.3 Å². The summed E-state index contributed by atoms with van der Waals surface area (Å²) in [7, 11) is 0. The number of amides is 2. The third kappa shape index (κ3) is 4.97. The summed E-state index contributed by atoms with van der Waals surface area (Å²) in [6, 6.07) is -1.17. The number of halogens is 1. The first-order chi connectivity index (χ1) is 11.7. The van der Waals surface area contributed by atoms with Crippen molar-refractivity contribution < 1.29 is 34.7 Å². The molecular weight excluding hydrogens is 362 g/mol. The van der Waals surface area contributed by atoms with E-state index in [9.17, 15) is 30.1 Å². The molecule has 0 aliphatic carbocycles. The number of hydrogen-bond donors (Lipinski definition) is 5. The van der Waals surface area contributed by atoms with Gasteiger partial charge in [0.15, 0.2) is 0 Å². The van der Waals surface area contributed by atoms with E-state index in [4.69, 9.17) is 21.1 Å². The molecule has 146 valence electrons. The van der Waals surface area contributed by atoms with Gasteiger partial charge in [-0.1, -0.05) is 6.92 Å². The van der Waals surface area contributed by atoms with Crippen molar-refractivity contribution in [2.75, 3.05) is 19.0 Å². The van der Waals surface area contributed by atoms with Gasteiger partial charge in [0.1, 0.15) is 18.3 Å². The molecule has 0 saturated carbocycles. The molecule has 5 N–H and O–H groups in total. The molecule has 1 rings (SSSR count). The molecule has 0 radical (unpaired) electrons. The zero-order valence-electron chi connectivity index (χ0n) is 13.9. The molecule has 1 aliphatic rings. The third-order valence-corrected chi connectivity index (χ3v) is 4.03. The number of nitrogens with zero attached hydrogens (tertiary/aromatic N) is 2. The predicted octanol–water partition coefficient (Wildman–Crippen LogP) is -1.14. The van der Waals surface area contributed by atoms with Crippen molar-refractivity contribution in [3.05, 3.63) is 4.91 Å². The van der Waals surface area contributed by atoms with E-state index >= 15 is 0 Å². The summed E-state index contributed by atoms with van der Waals surface area (Å²) >= 11 is 5.45. The molecule has 0 aromatic heterocycles. The molecule has 1 unspecified atom stereocenters. The van der Waals surface area contributed by atoms with Crippen LogP contribution in [0.1, 0.15) is 20.3 Å². The second-order valence-corrected chi connectivity index (χ2v) is 6.01. The molecule has 6 atom stereocenters. The van der Waals surface area contributed by atoms with Gasteiger partial charge < -0.3 is 35.2 Å². The molecule has 25 heavy (non-hydrogen) atoms. The first-order valence-corrected chi connectivity index (χ1v) is 8.27. The Morgan fingerprint density at radius 2 is 2.16 bits per heavy atom. The number of nitroso groups, excluding NO2 is 1. The molecule has 0 spiro atoms. The van der Waals surface area contributed by atoms with Crippen molar-refractivity contribution in [2.45, 2.75) is 56.7 Å². The molecule has 11 nitrogen and oxygen atoms in total. The minimum Gasteiger partial charge on any atom is -0.394 e. The summed E-state index contributed by atoms with van der Waals surface area (Å²) < 4.78 is 10.7. The molecule has 1 saturated heterocycles. The Morgan fingerprint density at radius 3 is 2.64 bits per heavy atom. The number of alkyl halides is 1. The smallest absolute Gasteiger partial charge is 0.342 e. The summed E-state index contributed by atoms with van der Waals surface area (Å²) in [5, 5.41) is 45.0. The molecular formula is C13H24ClN3O8. The highest BCUT2D eigenvalue weighted by Crippen LogP contribution is 2.30. The van der Waals surface area contributed by atoms with Gasteiger partial charge in [-0.3, -0.25) is 0 Å². The number of urea groups is 1. The maximum atomic E-state index is 12.1. The zero-order valence-corrected chi connectivity index (χ0v) is 14.7. The lowest BCUT2D eigenvalue weighted by atomic mass is 9.93. The Balaban J connectivity index is 3.08. The fourth-order valence-corrected chi connectivity index (χ4v) is 2.33. The van der Waals surface area contributed by atoms with Crippen LogP contribution in [-0.2, 0) is 9.47 Å². The molecule has 12 heteroatoms. The van der Waals surface area contributed by atoms with Gasteiger partial charge in [0.2, 0.25) is 12.0 Å². The number of hydrogen-bond acceptors (Lipinski definition) is 9. The summed E-state index contributed by atoms with van der Waals surface area (Å²) in [6.45, 7) is 2.54. The van der Waals surface area contributed by atoms with Gasteiger partial charge in [-0.25, -0.2) is 4.79 Å². The Hall–Kier alpha value is -1.08. The van der Waals surface area contributed by atoms with Gasteiger partial charge in [0.25, 0.3) is 0 Å². The SMILES string of the molecule is CCC(C)O[C@H]1O[C@H](CO)[C@@H](O)[C@H](O)[C@@]1(O)NC(=O)N(CCCl)N=O. The zero-order chi connectivity index (χ0) is 19.2. The van der Waals surface area contributed by atoms with Crippen molar-refractivity contribution in [3.63, 3.8) is 0 Å². The quantitative estimate of drug-likeness (QED) is 0.151. The average molecular weight is 386 g/mol. The normalized spacial score (nSPS) is 33.6. The molecule has 1 fully saturated rings. The van der Waals surface area contributed by atoms with E-state index in [1.54, 1.807) is 13.8 Å². The lowest BCUT2D eigenvalue weighted by Crippen LogP contribution is -2.74. The van der Waals surface area contributed by atoms with Crippen LogP contribution in [0.15, 0.2) is 5.29 Å². The van der Waals surface area contributed by atoms with Crippen LogP contribution in [0.4, 0.5) is 4.79 Å². The molecule has 1 heterocycles. The maximum Gasteiger partial charge on any atom is 0.342 e. The first kappa shape index (κ1) is 22.0. The van der Waals surface area contributed by atoms with Crippen molar-refractivity contribution >= 4 is 17.6 Å². The van der Waals surface area contributed by atoms with Crippen molar-refractivity contribution in [1.29, 1.82) is 0 Å². The van der Waals surface area contributed by atoms with Crippen LogP contribution in [0.3, 0.4) is 0 Å². The fraction of sp³-hybridized carbons (Fsp3) is 0.923. The summed E-state index contributed by atoms with van der Waals surface area (Å²) in [6.07, 6.45) is -6.49. The largest absolute Gasteiger partial charge is 0.394 e. The molecule has 0 aromatic rings. The highest BCUT2D eigenvalue weighted by atomic mass is 35.5. The van der Waals surface area contributed by atoms with Crippen LogP contribution >= 0.6 is 11.6 Å². The summed E-state index contributed by atoms with van der Waals surface area (Å²) in [5.41, 5.74) is -2.60. The van der Waals surface area contributed by atoms with Gasteiger partial charge in [0.05, 0.1) is 24.5 Å². The molecule has 2 amide bonds. The highest BCUT2D eigenvalue weighted by Gasteiger charge is 2.57. The van der Waals surface area contributed by atoms with Crippen LogP contribution in [0.5, 0.6) is 0 Å². The summed E-state index contributed by atoms with van der Waals surface area (Å²) in [5.74, 6) is -0.0986. The highest BCUT2D eigenvalue weighted by molar-refractivity contribution is 6.18. The van der Waals surface area contributed by atoms with Gasteiger partial charge in [0, 0.05) is 5.88 Å².